The molecule has 0 saturated heterocycles. The van der Waals surface area contributed by atoms with Crippen molar-refractivity contribution in [2.24, 2.45) is 0 Å². The highest BCUT2D eigenvalue weighted by Gasteiger charge is 2.13. The molecule has 0 N–H and O–H groups in total. The quantitative estimate of drug-likeness (QED) is 0.761. The SMILES string of the molecule is C[Si](C)(C)/C=C/S(=O)(=O)c1ccccc1. The van der Waals surface area contributed by atoms with Crippen LogP contribution in [-0.4, -0.2) is 16.5 Å². The van der Waals surface area contributed by atoms with Crippen molar-refractivity contribution in [3.63, 3.8) is 0 Å². The van der Waals surface area contributed by atoms with Crippen molar-refractivity contribution in [3.8, 4) is 0 Å². The van der Waals surface area contributed by atoms with Crippen molar-refractivity contribution in [3.05, 3.63) is 41.4 Å². The van der Waals surface area contributed by atoms with E-state index in [1.165, 1.54) is 5.41 Å². The predicted octanol–water partition coefficient (Wildman–Crippen LogP) is 2.85. The second-order valence-electron chi connectivity index (χ2n) is 4.53. The van der Waals surface area contributed by atoms with E-state index in [0.29, 0.717) is 4.90 Å². The van der Waals surface area contributed by atoms with Crippen molar-refractivity contribution < 1.29 is 8.42 Å². The van der Waals surface area contributed by atoms with E-state index in [4.69, 9.17) is 0 Å². The Morgan fingerprint density at radius 3 is 2.07 bits per heavy atom. The van der Waals surface area contributed by atoms with Gasteiger partial charge in [-0.05, 0) is 12.1 Å². The van der Waals surface area contributed by atoms with Gasteiger partial charge in [0.15, 0.2) is 9.84 Å². The number of rotatable bonds is 3. The molecule has 0 heterocycles. The molecular weight excluding hydrogens is 224 g/mol. The van der Waals surface area contributed by atoms with Crippen LogP contribution in [-0.2, 0) is 9.84 Å². The van der Waals surface area contributed by atoms with Crippen LogP contribution in [0.5, 0.6) is 0 Å². The second kappa shape index (κ2) is 4.33. The van der Waals surface area contributed by atoms with Crippen LogP contribution in [0.4, 0.5) is 0 Å². The van der Waals surface area contributed by atoms with Crippen molar-refractivity contribution in [1.82, 2.24) is 0 Å². The molecule has 0 saturated carbocycles. The maximum atomic E-state index is 11.8. The molecule has 0 aliphatic rings. The Kier molecular flexibility index (Phi) is 3.52. The molecule has 4 heteroatoms. The minimum atomic E-state index is -3.24. The minimum absolute atomic E-state index is 0.361. The van der Waals surface area contributed by atoms with Crippen molar-refractivity contribution in [2.45, 2.75) is 24.5 Å². The Bertz CT molecular complexity index is 441. The van der Waals surface area contributed by atoms with E-state index in [-0.39, 0.29) is 0 Å². The van der Waals surface area contributed by atoms with Gasteiger partial charge in [-0.3, -0.25) is 0 Å². The Balaban J connectivity index is 3.01. The summed E-state index contributed by atoms with van der Waals surface area (Å²) in [5.74, 6) is 0. The van der Waals surface area contributed by atoms with Crippen molar-refractivity contribution >= 4 is 17.9 Å². The topological polar surface area (TPSA) is 34.1 Å². The molecule has 82 valence electrons. The third kappa shape index (κ3) is 4.01. The van der Waals surface area contributed by atoms with Gasteiger partial charge >= 0.3 is 0 Å². The Morgan fingerprint density at radius 1 is 1.07 bits per heavy atom. The van der Waals surface area contributed by atoms with E-state index in [9.17, 15) is 8.42 Å². The van der Waals surface area contributed by atoms with Gasteiger partial charge < -0.3 is 0 Å². The van der Waals surface area contributed by atoms with Crippen molar-refractivity contribution in [1.29, 1.82) is 0 Å². The average molecular weight is 240 g/mol. The lowest BCUT2D eigenvalue weighted by Gasteiger charge is -2.08. The van der Waals surface area contributed by atoms with Crippen LogP contribution in [0, 0.1) is 0 Å². The monoisotopic (exact) mass is 240 g/mol. The summed E-state index contributed by atoms with van der Waals surface area (Å²) in [5.41, 5.74) is 1.84. The first-order valence-electron chi connectivity index (χ1n) is 4.81. The Labute approximate surface area is 92.6 Å². The Hall–Kier alpha value is -0.873. The summed E-state index contributed by atoms with van der Waals surface area (Å²) in [6.45, 7) is 6.30. The number of hydrogen-bond donors (Lipinski definition) is 0. The van der Waals surface area contributed by atoms with Crippen molar-refractivity contribution in [2.75, 3.05) is 0 Å². The van der Waals surface area contributed by atoms with Crippen LogP contribution < -0.4 is 0 Å². The number of sulfone groups is 1. The molecule has 0 aliphatic carbocycles. The molecule has 0 aromatic heterocycles. The second-order valence-corrected chi connectivity index (χ2v) is 11.4. The van der Waals surface area contributed by atoms with Gasteiger partial charge in [-0.25, -0.2) is 8.42 Å². The predicted molar refractivity (Wildman–Crippen MR) is 66.1 cm³/mol. The zero-order chi connectivity index (χ0) is 11.5. The molecule has 0 aliphatic heterocycles. The fourth-order valence-electron chi connectivity index (χ4n) is 0.982. The summed E-state index contributed by atoms with van der Waals surface area (Å²) < 4.78 is 23.6. The molecule has 1 rings (SSSR count). The fourth-order valence-corrected chi connectivity index (χ4v) is 4.03. The van der Waals surface area contributed by atoms with E-state index in [2.05, 4.69) is 19.6 Å². The fraction of sp³-hybridized carbons (Fsp3) is 0.273. The standard InChI is InChI=1S/C11H16O2SSi/c1-15(2,3)10-9-14(12,13)11-7-5-4-6-8-11/h4-10H,1-3H3/b10-9+. The third-order valence-electron chi connectivity index (χ3n) is 1.82. The summed E-state index contributed by atoms with van der Waals surface area (Å²) in [6.07, 6.45) is 0. The van der Waals surface area contributed by atoms with Crippen LogP contribution in [0.25, 0.3) is 0 Å². The first kappa shape index (κ1) is 12.2. The van der Waals surface area contributed by atoms with Gasteiger partial charge in [-0.2, -0.15) is 0 Å². The maximum Gasteiger partial charge on any atom is 0.199 e. The smallest absolute Gasteiger partial charge is 0.199 e. The molecule has 15 heavy (non-hydrogen) atoms. The average Bonchev–Trinajstić information content (AvgIpc) is 2.16. The summed E-state index contributed by atoms with van der Waals surface area (Å²) in [5, 5.41) is 1.34. The van der Waals surface area contributed by atoms with E-state index in [1.54, 1.807) is 30.3 Å². The summed E-state index contributed by atoms with van der Waals surface area (Å²) in [6, 6.07) is 8.50. The summed E-state index contributed by atoms with van der Waals surface area (Å²) in [7, 11) is -4.70. The number of benzene rings is 1. The Morgan fingerprint density at radius 2 is 1.60 bits per heavy atom. The van der Waals surface area contributed by atoms with Crippen LogP contribution in [0.1, 0.15) is 0 Å². The molecule has 1 aromatic rings. The first-order valence-corrected chi connectivity index (χ1v) is 9.93. The number of hydrogen-bond acceptors (Lipinski definition) is 2. The molecule has 0 spiro atoms. The highest BCUT2D eigenvalue weighted by molar-refractivity contribution is 7.94. The lowest BCUT2D eigenvalue weighted by molar-refractivity contribution is 0.604. The van der Waals surface area contributed by atoms with Gasteiger partial charge in [0.25, 0.3) is 0 Å². The largest absolute Gasteiger partial charge is 0.219 e. The van der Waals surface area contributed by atoms with Crippen LogP contribution in [0.3, 0.4) is 0 Å². The lowest BCUT2D eigenvalue weighted by atomic mass is 10.4. The minimum Gasteiger partial charge on any atom is -0.219 e. The van der Waals surface area contributed by atoms with Gasteiger partial charge in [-0.1, -0.05) is 43.5 Å². The summed E-state index contributed by atoms with van der Waals surface area (Å²) >= 11 is 0. The summed E-state index contributed by atoms with van der Waals surface area (Å²) in [4.78, 5) is 0.361. The first-order chi connectivity index (χ1) is 6.81. The molecule has 0 radical (unpaired) electrons. The highest BCUT2D eigenvalue weighted by Crippen LogP contribution is 2.13. The van der Waals surface area contributed by atoms with Gasteiger partial charge in [-0.15, -0.1) is 0 Å². The van der Waals surface area contributed by atoms with Crippen LogP contribution in [0.15, 0.2) is 46.3 Å². The van der Waals surface area contributed by atoms with Gasteiger partial charge in [0.1, 0.15) is 0 Å². The zero-order valence-corrected chi connectivity index (χ0v) is 11.1. The van der Waals surface area contributed by atoms with Crippen LogP contribution >= 0.6 is 0 Å². The zero-order valence-electron chi connectivity index (χ0n) is 9.27. The molecule has 0 amide bonds. The highest BCUT2D eigenvalue weighted by atomic mass is 32.2. The van der Waals surface area contributed by atoms with Gasteiger partial charge in [0, 0.05) is 5.41 Å². The molecule has 1 aromatic carbocycles. The molecule has 0 bridgehead atoms. The maximum absolute atomic E-state index is 11.8. The van der Waals surface area contributed by atoms with Crippen LogP contribution in [0.2, 0.25) is 19.6 Å². The lowest BCUT2D eigenvalue weighted by Crippen LogP contribution is -2.16. The third-order valence-corrected chi connectivity index (χ3v) is 4.65. The van der Waals surface area contributed by atoms with Gasteiger partial charge in [0.2, 0.25) is 0 Å². The normalized spacial score (nSPS) is 13.3. The molecule has 0 atom stereocenters. The molecule has 2 nitrogen and oxygen atoms in total. The van der Waals surface area contributed by atoms with Gasteiger partial charge in [0.05, 0.1) is 13.0 Å². The molecular formula is C11H16O2SSi. The van der Waals surface area contributed by atoms with E-state index < -0.39 is 17.9 Å². The van der Waals surface area contributed by atoms with E-state index in [1.807, 2.05) is 5.70 Å². The van der Waals surface area contributed by atoms with E-state index in [0.717, 1.165) is 0 Å². The molecule has 0 unspecified atom stereocenters. The van der Waals surface area contributed by atoms with E-state index >= 15 is 0 Å². The molecule has 0 fully saturated rings.